The number of nitrogens with one attached hydrogen (secondary N) is 1. The Hall–Kier alpha value is -3.36. The van der Waals surface area contributed by atoms with Gasteiger partial charge in [0.2, 0.25) is 0 Å². The van der Waals surface area contributed by atoms with Gasteiger partial charge in [-0.2, -0.15) is 0 Å². The monoisotopic (exact) mass is 460 g/mol. The molecule has 3 heterocycles. The molecule has 2 aromatic carbocycles. The number of hydrogen-bond acceptors (Lipinski definition) is 6. The third kappa shape index (κ3) is 3.72. The molecule has 0 aliphatic heterocycles. The fourth-order valence-corrected chi connectivity index (χ4v) is 5.16. The maximum atomic E-state index is 13.0. The predicted molar refractivity (Wildman–Crippen MR) is 129 cm³/mol. The van der Waals surface area contributed by atoms with Gasteiger partial charge >= 0.3 is 0 Å². The zero-order valence-electron chi connectivity index (χ0n) is 17.5. The van der Waals surface area contributed by atoms with Crippen molar-refractivity contribution in [1.82, 2.24) is 19.7 Å². The Morgan fingerprint density at radius 2 is 2.03 bits per heavy atom. The molecule has 3 aromatic heterocycles. The van der Waals surface area contributed by atoms with E-state index in [-0.39, 0.29) is 11.5 Å². The van der Waals surface area contributed by atoms with Crippen molar-refractivity contribution < 1.29 is 9.53 Å². The number of benzene rings is 2. The quantitative estimate of drug-likeness (QED) is 0.247. The number of aryl methyl sites for hydroxylation is 1. The number of nitrogens with zero attached hydrogens (tertiary/aromatic N) is 3. The van der Waals surface area contributed by atoms with Gasteiger partial charge in [0.1, 0.15) is 5.75 Å². The number of thiophene rings is 1. The zero-order chi connectivity index (χ0) is 22.1. The Labute approximate surface area is 193 Å². The minimum absolute atomic E-state index is 0.0379. The van der Waals surface area contributed by atoms with E-state index in [1.165, 1.54) is 11.8 Å². The van der Waals surface area contributed by atoms with Gasteiger partial charge in [-0.05, 0) is 42.1 Å². The maximum Gasteiger partial charge on any atom is 0.196 e. The average Bonchev–Trinajstić information content (AvgIpc) is 3.56. The second kappa shape index (κ2) is 8.64. The molecule has 6 nitrogen and oxygen atoms in total. The number of Topliss-reactive ketones (excluding diaryl/α,β-unsaturated/α-hetero) is 1. The number of hydrogen-bond donors (Lipinski definition) is 1. The first-order valence-corrected chi connectivity index (χ1v) is 11.9. The Morgan fingerprint density at radius 3 is 2.84 bits per heavy atom. The predicted octanol–water partition coefficient (Wildman–Crippen LogP) is 5.77. The van der Waals surface area contributed by atoms with E-state index in [0.717, 1.165) is 38.6 Å². The summed E-state index contributed by atoms with van der Waals surface area (Å²) in [5.74, 6) is 1.73. The summed E-state index contributed by atoms with van der Waals surface area (Å²) < 4.78 is 7.61. The van der Waals surface area contributed by atoms with E-state index in [4.69, 9.17) is 4.74 Å². The molecule has 5 rings (SSSR count). The van der Waals surface area contributed by atoms with Crippen molar-refractivity contribution in [3.63, 3.8) is 0 Å². The minimum Gasteiger partial charge on any atom is -0.495 e. The third-order valence-electron chi connectivity index (χ3n) is 5.17. The summed E-state index contributed by atoms with van der Waals surface area (Å²) in [6.45, 7) is 2.03. The minimum atomic E-state index is 0.0379. The van der Waals surface area contributed by atoms with Crippen molar-refractivity contribution >= 4 is 39.8 Å². The van der Waals surface area contributed by atoms with E-state index in [0.29, 0.717) is 10.7 Å². The molecule has 0 atom stereocenters. The lowest BCUT2D eigenvalue weighted by Gasteiger charge is -2.14. The van der Waals surface area contributed by atoms with Gasteiger partial charge in [-0.3, -0.25) is 9.36 Å². The molecule has 0 aliphatic carbocycles. The number of H-pyrrole nitrogens is 1. The number of ether oxygens (including phenoxy) is 1. The molecule has 32 heavy (non-hydrogen) atoms. The van der Waals surface area contributed by atoms with E-state index in [2.05, 4.69) is 15.2 Å². The Kier molecular flexibility index (Phi) is 5.55. The van der Waals surface area contributed by atoms with Gasteiger partial charge in [-0.1, -0.05) is 42.1 Å². The van der Waals surface area contributed by atoms with Gasteiger partial charge in [0.05, 0.1) is 23.4 Å². The van der Waals surface area contributed by atoms with Crippen molar-refractivity contribution in [2.75, 3.05) is 12.9 Å². The summed E-state index contributed by atoms with van der Waals surface area (Å²) in [5.41, 5.74) is 3.58. The number of methoxy groups -OCH3 is 1. The molecule has 0 unspecified atom stereocenters. The highest BCUT2D eigenvalue weighted by molar-refractivity contribution is 7.99. The van der Waals surface area contributed by atoms with Crippen LogP contribution in [0.25, 0.3) is 27.3 Å². The van der Waals surface area contributed by atoms with Crippen LogP contribution in [0.15, 0.2) is 71.3 Å². The summed E-state index contributed by atoms with van der Waals surface area (Å²) in [5, 5.41) is 12.5. The van der Waals surface area contributed by atoms with Crippen LogP contribution < -0.4 is 4.74 Å². The Bertz CT molecular complexity index is 1400. The van der Waals surface area contributed by atoms with Crippen LogP contribution in [0.3, 0.4) is 0 Å². The molecule has 0 fully saturated rings. The van der Waals surface area contributed by atoms with E-state index < -0.39 is 0 Å². The van der Waals surface area contributed by atoms with Gasteiger partial charge in [-0.25, -0.2) is 0 Å². The summed E-state index contributed by atoms with van der Waals surface area (Å²) in [6, 6.07) is 17.8. The molecule has 1 N–H and O–H groups in total. The van der Waals surface area contributed by atoms with Crippen LogP contribution >= 0.6 is 23.1 Å². The van der Waals surface area contributed by atoms with Crippen LogP contribution in [-0.4, -0.2) is 38.4 Å². The maximum absolute atomic E-state index is 13.0. The second-order valence-electron chi connectivity index (χ2n) is 7.25. The number of aromatic nitrogens is 4. The van der Waals surface area contributed by atoms with E-state index >= 15 is 0 Å². The van der Waals surface area contributed by atoms with E-state index in [1.54, 1.807) is 24.6 Å². The first-order chi connectivity index (χ1) is 15.7. The number of fused-ring (bicyclic) bond motifs is 1. The number of carbonyl (C=O) groups excluding carboxylic acids is 1. The van der Waals surface area contributed by atoms with Gasteiger partial charge < -0.3 is 9.72 Å². The number of rotatable bonds is 7. The summed E-state index contributed by atoms with van der Waals surface area (Å²) in [6.07, 6.45) is 1.78. The van der Waals surface area contributed by atoms with Gasteiger partial charge in [0.25, 0.3) is 0 Å². The van der Waals surface area contributed by atoms with E-state index in [1.807, 2.05) is 71.5 Å². The summed E-state index contributed by atoms with van der Waals surface area (Å²) in [4.78, 5) is 17.2. The van der Waals surface area contributed by atoms with Crippen molar-refractivity contribution in [3.05, 3.63) is 77.3 Å². The van der Waals surface area contributed by atoms with E-state index in [9.17, 15) is 4.79 Å². The van der Waals surface area contributed by atoms with Crippen LogP contribution in [0, 0.1) is 6.92 Å². The molecule has 8 heteroatoms. The van der Waals surface area contributed by atoms with Gasteiger partial charge in [0.15, 0.2) is 16.8 Å². The highest BCUT2D eigenvalue weighted by atomic mass is 32.2. The number of carbonyl (C=O) groups is 1. The van der Waals surface area contributed by atoms with Crippen molar-refractivity contribution in [2.45, 2.75) is 12.1 Å². The lowest BCUT2D eigenvalue weighted by atomic mass is 10.1. The molecule has 0 amide bonds. The molecular formula is C24H20N4O2S2. The number of ketones is 1. The SMILES string of the molecule is COc1ccc(C)cc1-n1c(SCC(=O)c2c[nH]c3ccccc23)nnc1-c1cccs1. The molecular weight excluding hydrogens is 440 g/mol. The average molecular weight is 461 g/mol. The third-order valence-corrected chi connectivity index (χ3v) is 6.97. The fraction of sp³-hybridized carbons (Fsp3) is 0.125. The molecule has 5 aromatic rings. The highest BCUT2D eigenvalue weighted by Crippen LogP contribution is 2.35. The Morgan fingerprint density at radius 1 is 1.16 bits per heavy atom. The van der Waals surface area contributed by atoms with Crippen LogP contribution in [0.1, 0.15) is 15.9 Å². The topological polar surface area (TPSA) is 72.8 Å². The van der Waals surface area contributed by atoms with Gasteiger partial charge in [-0.15, -0.1) is 21.5 Å². The first-order valence-electron chi connectivity index (χ1n) is 10.0. The summed E-state index contributed by atoms with van der Waals surface area (Å²) in [7, 11) is 1.65. The normalized spacial score (nSPS) is 11.2. The largest absolute Gasteiger partial charge is 0.495 e. The first kappa shape index (κ1) is 20.5. The number of thioether (sulfide) groups is 1. The van der Waals surface area contributed by atoms with Crippen molar-refractivity contribution in [1.29, 1.82) is 0 Å². The fourth-order valence-electron chi connectivity index (χ4n) is 3.63. The number of para-hydroxylation sites is 1. The molecule has 160 valence electrons. The van der Waals surface area contributed by atoms with Crippen LogP contribution in [0.2, 0.25) is 0 Å². The molecule has 0 saturated carbocycles. The standard InChI is InChI=1S/C24H20N4O2S2/c1-15-9-10-21(30-2)19(12-15)28-23(22-8-5-11-31-22)26-27-24(28)32-14-20(29)17-13-25-18-7-4-3-6-16(17)18/h3-13,25H,14H2,1-2H3. The highest BCUT2D eigenvalue weighted by Gasteiger charge is 2.21. The van der Waals surface area contributed by atoms with Crippen LogP contribution in [0.4, 0.5) is 0 Å². The molecule has 0 aliphatic rings. The molecule has 0 saturated heterocycles. The Balaban J connectivity index is 1.52. The second-order valence-corrected chi connectivity index (χ2v) is 9.14. The zero-order valence-corrected chi connectivity index (χ0v) is 19.2. The lowest BCUT2D eigenvalue weighted by Crippen LogP contribution is -2.05. The van der Waals surface area contributed by atoms with Gasteiger partial charge in [0, 0.05) is 22.7 Å². The van der Waals surface area contributed by atoms with Crippen molar-refractivity contribution in [3.8, 4) is 22.1 Å². The lowest BCUT2D eigenvalue weighted by molar-refractivity contribution is 0.102. The summed E-state index contributed by atoms with van der Waals surface area (Å²) >= 11 is 2.97. The molecule has 0 radical (unpaired) electrons. The van der Waals surface area contributed by atoms with Crippen LogP contribution in [0.5, 0.6) is 5.75 Å². The number of aromatic amines is 1. The molecule has 0 bridgehead atoms. The van der Waals surface area contributed by atoms with Crippen LogP contribution in [-0.2, 0) is 0 Å². The smallest absolute Gasteiger partial charge is 0.196 e. The van der Waals surface area contributed by atoms with Crippen molar-refractivity contribution in [2.24, 2.45) is 0 Å². The molecule has 0 spiro atoms.